The van der Waals surface area contributed by atoms with Gasteiger partial charge in [-0.2, -0.15) is 0 Å². The zero-order chi connectivity index (χ0) is 24.6. The highest BCUT2D eigenvalue weighted by Gasteiger charge is 2.42. The Kier molecular flexibility index (Phi) is 5.84. The minimum atomic E-state index is 0.318. The van der Waals surface area contributed by atoms with Crippen molar-refractivity contribution in [3.63, 3.8) is 0 Å². The van der Waals surface area contributed by atoms with Gasteiger partial charge in [-0.05, 0) is 58.7 Å². The van der Waals surface area contributed by atoms with Crippen LogP contribution < -0.4 is 0 Å². The van der Waals surface area contributed by atoms with Crippen molar-refractivity contribution in [2.24, 2.45) is 0 Å². The quantitative estimate of drug-likeness (QED) is 0.260. The number of benzene rings is 3. The third-order valence-electron chi connectivity index (χ3n) is 8.15. The summed E-state index contributed by atoms with van der Waals surface area (Å²) in [6, 6.07) is 30.7. The van der Waals surface area contributed by atoms with Crippen molar-refractivity contribution in [1.82, 2.24) is 14.9 Å². The second-order valence-corrected chi connectivity index (χ2v) is 10.3. The molecule has 2 aliphatic rings. The standard InChI is InChI=1S/C33H31N3O/c1-3-9-23(10-4-1)21-36-31-18-28-26-13-7-8-14-30(26)35-33(28)32(36)17-27-25(19-34-20-29(27)31)15-16-37-22-24-11-5-2-6-12-24/h1-14,19-20,31-32,35H,15-18,21-22H2/t31-,32-/m0/s1. The highest BCUT2D eigenvalue weighted by atomic mass is 16.5. The van der Waals surface area contributed by atoms with Crippen LogP contribution in [0.5, 0.6) is 0 Å². The van der Waals surface area contributed by atoms with E-state index in [1.54, 1.807) is 0 Å². The molecule has 7 rings (SSSR count). The first-order valence-electron chi connectivity index (χ1n) is 13.3. The van der Waals surface area contributed by atoms with E-state index in [9.17, 15) is 0 Å². The van der Waals surface area contributed by atoms with Crippen LogP contribution in [0.25, 0.3) is 10.9 Å². The topological polar surface area (TPSA) is 41.1 Å². The summed E-state index contributed by atoms with van der Waals surface area (Å²) in [4.78, 5) is 11.3. The number of H-pyrrole nitrogens is 1. The molecule has 2 atom stereocenters. The molecule has 0 amide bonds. The molecule has 4 heterocycles. The Morgan fingerprint density at radius 3 is 2.35 bits per heavy atom. The fourth-order valence-corrected chi connectivity index (χ4v) is 6.38. The summed E-state index contributed by atoms with van der Waals surface area (Å²) in [5.74, 6) is 0. The van der Waals surface area contributed by atoms with Gasteiger partial charge >= 0.3 is 0 Å². The lowest BCUT2D eigenvalue weighted by Crippen LogP contribution is -2.43. The molecule has 0 unspecified atom stereocenters. The predicted molar refractivity (Wildman–Crippen MR) is 147 cm³/mol. The minimum Gasteiger partial charge on any atom is -0.376 e. The number of aromatic nitrogens is 2. The van der Waals surface area contributed by atoms with Crippen molar-refractivity contribution in [2.75, 3.05) is 6.61 Å². The highest BCUT2D eigenvalue weighted by molar-refractivity contribution is 5.85. The first kappa shape index (κ1) is 22.5. The third kappa shape index (κ3) is 4.16. The summed E-state index contributed by atoms with van der Waals surface area (Å²) in [6.45, 7) is 2.29. The number of fused-ring (bicyclic) bond motifs is 8. The molecule has 0 saturated heterocycles. The molecule has 2 bridgehead atoms. The molecule has 5 aromatic rings. The van der Waals surface area contributed by atoms with Crippen LogP contribution in [0.2, 0.25) is 0 Å². The maximum atomic E-state index is 6.06. The van der Waals surface area contributed by atoms with Gasteiger partial charge in [0.2, 0.25) is 0 Å². The van der Waals surface area contributed by atoms with Gasteiger partial charge in [-0.1, -0.05) is 78.9 Å². The average molecular weight is 486 g/mol. The van der Waals surface area contributed by atoms with Gasteiger partial charge in [-0.3, -0.25) is 9.88 Å². The van der Waals surface area contributed by atoms with Crippen molar-refractivity contribution in [1.29, 1.82) is 0 Å². The van der Waals surface area contributed by atoms with Crippen molar-refractivity contribution in [3.05, 3.63) is 136 Å². The van der Waals surface area contributed by atoms with Crippen LogP contribution in [0, 0.1) is 0 Å². The number of hydrogen-bond donors (Lipinski definition) is 1. The van der Waals surface area contributed by atoms with E-state index in [-0.39, 0.29) is 0 Å². The molecule has 4 heteroatoms. The number of aromatic amines is 1. The Balaban J connectivity index is 1.21. The van der Waals surface area contributed by atoms with Crippen LogP contribution in [0.3, 0.4) is 0 Å². The molecule has 184 valence electrons. The largest absolute Gasteiger partial charge is 0.376 e. The minimum absolute atomic E-state index is 0.318. The van der Waals surface area contributed by atoms with Crippen LogP contribution in [0.1, 0.15) is 51.2 Å². The first-order chi connectivity index (χ1) is 18.3. The molecule has 0 spiro atoms. The number of pyridine rings is 1. The second-order valence-electron chi connectivity index (χ2n) is 10.3. The fraction of sp³-hybridized carbons (Fsp3) is 0.242. The second kappa shape index (κ2) is 9.62. The van der Waals surface area contributed by atoms with Gasteiger partial charge in [-0.15, -0.1) is 0 Å². The summed E-state index contributed by atoms with van der Waals surface area (Å²) >= 11 is 0. The molecule has 0 aliphatic carbocycles. The first-order valence-corrected chi connectivity index (χ1v) is 13.3. The summed E-state index contributed by atoms with van der Waals surface area (Å²) in [5, 5.41) is 1.37. The maximum absolute atomic E-state index is 6.06. The van der Waals surface area contributed by atoms with Crippen molar-refractivity contribution >= 4 is 10.9 Å². The van der Waals surface area contributed by atoms with Gasteiger partial charge in [0.15, 0.2) is 0 Å². The Bertz CT molecular complexity index is 1530. The van der Waals surface area contributed by atoms with Crippen LogP contribution in [-0.4, -0.2) is 21.5 Å². The smallest absolute Gasteiger partial charge is 0.0717 e. The van der Waals surface area contributed by atoms with Gasteiger partial charge in [-0.25, -0.2) is 0 Å². The van der Waals surface area contributed by atoms with E-state index in [1.807, 2.05) is 6.07 Å². The van der Waals surface area contributed by atoms with Crippen LogP contribution >= 0.6 is 0 Å². The van der Waals surface area contributed by atoms with Crippen LogP contribution in [0.4, 0.5) is 0 Å². The zero-order valence-electron chi connectivity index (χ0n) is 20.9. The Labute approximate surface area is 217 Å². The molecule has 37 heavy (non-hydrogen) atoms. The van der Waals surface area contributed by atoms with Crippen molar-refractivity contribution in [3.8, 4) is 0 Å². The lowest BCUT2D eigenvalue weighted by atomic mass is 9.77. The molecule has 0 fully saturated rings. The molecule has 1 N–H and O–H groups in total. The van der Waals surface area contributed by atoms with E-state index in [0.717, 1.165) is 25.8 Å². The zero-order valence-corrected chi connectivity index (χ0v) is 20.9. The normalized spacial score (nSPS) is 18.5. The summed E-state index contributed by atoms with van der Waals surface area (Å²) in [7, 11) is 0. The van der Waals surface area contributed by atoms with Crippen molar-refractivity contribution < 1.29 is 4.74 Å². The number of nitrogens with zero attached hydrogens (tertiary/aromatic N) is 2. The number of hydrogen-bond acceptors (Lipinski definition) is 3. The van der Waals surface area contributed by atoms with Gasteiger partial charge in [0.25, 0.3) is 0 Å². The lowest BCUT2D eigenvalue weighted by Gasteiger charge is -2.47. The molecular formula is C33H31N3O. The average Bonchev–Trinajstić information content (AvgIpc) is 3.31. The molecular weight excluding hydrogens is 454 g/mol. The summed E-state index contributed by atoms with van der Waals surface area (Å²) < 4.78 is 6.06. The van der Waals surface area contributed by atoms with E-state index in [0.29, 0.717) is 25.3 Å². The number of para-hydroxylation sites is 1. The van der Waals surface area contributed by atoms with Gasteiger partial charge in [0.05, 0.1) is 19.3 Å². The highest BCUT2D eigenvalue weighted by Crippen LogP contribution is 2.49. The predicted octanol–water partition coefficient (Wildman–Crippen LogP) is 6.72. The third-order valence-corrected chi connectivity index (χ3v) is 8.15. The van der Waals surface area contributed by atoms with E-state index >= 15 is 0 Å². The Morgan fingerprint density at radius 1 is 0.784 bits per heavy atom. The summed E-state index contributed by atoms with van der Waals surface area (Å²) in [5.41, 5.74) is 10.9. The molecule has 3 aromatic carbocycles. The van der Waals surface area contributed by atoms with Crippen LogP contribution in [-0.2, 0) is 37.2 Å². The number of nitrogens with one attached hydrogen (secondary N) is 1. The SMILES string of the molecule is c1ccc(COCCc2cncc3c2C[C@H]2c4[nH]c5ccccc5c4C[C@@H]3N2Cc2ccccc2)cc1. The van der Waals surface area contributed by atoms with E-state index in [2.05, 4.69) is 101 Å². The monoisotopic (exact) mass is 485 g/mol. The number of ether oxygens (including phenoxy) is 1. The maximum Gasteiger partial charge on any atom is 0.0717 e. The molecule has 2 aromatic heterocycles. The van der Waals surface area contributed by atoms with Crippen molar-refractivity contribution in [2.45, 2.75) is 44.5 Å². The number of rotatable bonds is 7. The molecule has 2 aliphatic heterocycles. The lowest BCUT2D eigenvalue weighted by molar-refractivity contribution is 0.0893. The van der Waals surface area contributed by atoms with Crippen LogP contribution in [0.15, 0.2) is 97.3 Å². The van der Waals surface area contributed by atoms with Gasteiger partial charge < -0.3 is 9.72 Å². The molecule has 0 radical (unpaired) electrons. The van der Waals surface area contributed by atoms with Gasteiger partial charge in [0.1, 0.15) is 0 Å². The molecule has 0 saturated carbocycles. The van der Waals surface area contributed by atoms with Gasteiger partial charge in [0, 0.05) is 41.6 Å². The van der Waals surface area contributed by atoms with E-state index < -0.39 is 0 Å². The van der Waals surface area contributed by atoms with E-state index in [1.165, 1.54) is 50.0 Å². The molecule has 4 nitrogen and oxygen atoms in total. The summed E-state index contributed by atoms with van der Waals surface area (Å²) in [6.07, 6.45) is 7.09. The fourth-order valence-electron chi connectivity index (χ4n) is 6.38. The Hall–Kier alpha value is -3.73. The Morgan fingerprint density at radius 2 is 1.51 bits per heavy atom. The van der Waals surface area contributed by atoms with E-state index in [4.69, 9.17) is 9.72 Å².